The lowest BCUT2D eigenvalue weighted by molar-refractivity contribution is 0.220. The van der Waals surface area contributed by atoms with Gasteiger partial charge in [0.2, 0.25) is 0 Å². The maximum absolute atomic E-state index is 9.97. The molecule has 0 amide bonds. The van der Waals surface area contributed by atoms with Crippen LogP contribution in [0.15, 0.2) is 48.5 Å². The number of aliphatic hydroxyl groups excluding tert-OH is 1. The first-order valence-electron chi connectivity index (χ1n) is 4.73. The van der Waals surface area contributed by atoms with Crippen molar-refractivity contribution in [1.29, 1.82) is 0 Å². The molecule has 0 spiro atoms. The molecule has 0 heterocycles. The van der Waals surface area contributed by atoms with Gasteiger partial charge in [0.05, 0.1) is 6.10 Å². The maximum atomic E-state index is 9.97. The van der Waals surface area contributed by atoms with Crippen molar-refractivity contribution >= 4 is 0 Å². The summed E-state index contributed by atoms with van der Waals surface area (Å²) in [6.45, 7) is 2.04. The number of rotatable bonds is 2. The van der Waals surface area contributed by atoms with Crippen LogP contribution in [-0.4, -0.2) is 5.11 Å². The van der Waals surface area contributed by atoms with Crippen molar-refractivity contribution in [2.45, 2.75) is 13.0 Å². The van der Waals surface area contributed by atoms with Crippen molar-refractivity contribution in [3.8, 4) is 0 Å². The van der Waals surface area contributed by atoms with Gasteiger partial charge in [-0.15, -0.1) is 0 Å². The first kappa shape index (κ1) is 9.10. The van der Waals surface area contributed by atoms with E-state index < -0.39 is 6.10 Å². The van der Waals surface area contributed by atoms with Crippen LogP contribution in [0, 0.1) is 6.92 Å². The normalized spacial score (nSPS) is 12.7. The quantitative estimate of drug-likeness (QED) is 0.713. The molecule has 1 atom stereocenters. The third-order valence-corrected chi connectivity index (χ3v) is 2.40. The summed E-state index contributed by atoms with van der Waals surface area (Å²) >= 11 is 0. The fourth-order valence-corrected chi connectivity index (χ4v) is 1.51. The van der Waals surface area contributed by atoms with E-state index in [0.717, 1.165) is 11.1 Å². The van der Waals surface area contributed by atoms with Crippen LogP contribution in [0.1, 0.15) is 22.8 Å². The lowest BCUT2D eigenvalue weighted by atomic mass is 10.0. The van der Waals surface area contributed by atoms with Gasteiger partial charge in [-0.2, -0.15) is 23.8 Å². The fourth-order valence-electron chi connectivity index (χ4n) is 1.51. The Labute approximate surface area is 84.0 Å². The number of hydrogen-bond donors (Lipinski definition) is 1. The Kier molecular flexibility index (Phi) is 2.42. The Morgan fingerprint density at radius 2 is 1.79 bits per heavy atom. The highest BCUT2D eigenvalue weighted by atomic mass is 16.3. The zero-order valence-corrected chi connectivity index (χ0v) is 8.14. The smallest absolute Gasteiger partial charge is 0.0504 e. The zero-order valence-electron chi connectivity index (χ0n) is 8.14. The predicted octanol–water partition coefficient (Wildman–Crippen LogP) is 2.80. The third-order valence-electron chi connectivity index (χ3n) is 2.40. The standard InChI is InChI=1S/C13H13O/c1-10-6-8-12(9-7-10)13(14)11-4-2-3-5-11/h2-9,13-14H,1H3/q-1. The summed E-state index contributed by atoms with van der Waals surface area (Å²) in [6, 6.07) is 15.7. The monoisotopic (exact) mass is 185 g/mol. The van der Waals surface area contributed by atoms with E-state index in [1.807, 2.05) is 55.5 Å². The molecule has 0 radical (unpaired) electrons. The Morgan fingerprint density at radius 1 is 1.07 bits per heavy atom. The van der Waals surface area contributed by atoms with E-state index in [-0.39, 0.29) is 0 Å². The molecule has 0 bridgehead atoms. The summed E-state index contributed by atoms with van der Waals surface area (Å²) in [4.78, 5) is 0. The van der Waals surface area contributed by atoms with Crippen molar-refractivity contribution in [2.75, 3.05) is 0 Å². The molecule has 1 unspecified atom stereocenters. The molecule has 0 saturated carbocycles. The lowest BCUT2D eigenvalue weighted by Crippen LogP contribution is -1.97. The van der Waals surface area contributed by atoms with Gasteiger partial charge in [0.25, 0.3) is 0 Å². The topological polar surface area (TPSA) is 20.2 Å². The molecule has 0 aliphatic carbocycles. The van der Waals surface area contributed by atoms with E-state index in [4.69, 9.17) is 0 Å². The number of benzene rings is 1. The minimum atomic E-state index is -0.495. The zero-order chi connectivity index (χ0) is 9.97. The summed E-state index contributed by atoms with van der Waals surface area (Å²) in [7, 11) is 0. The SMILES string of the molecule is Cc1ccc(C(O)c2cc[cH-]c2)cc1. The highest BCUT2D eigenvalue weighted by Crippen LogP contribution is 2.22. The summed E-state index contributed by atoms with van der Waals surface area (Å²) in [5, 5.41) is 9.97. The van der Waals surface area contributed by atoms with Gasteiger partial charge in [0.15, 0.2) is 0 Å². The van der Waals surface area contributed by atoms with Gasteiger partial charge in [-0.3, -0.25) is 0 Å². The van der Waals surface area contributed by atoms with Crippen molar-refractivity contribution in [2.24, 2.45) is 0 Å². The molecule has 1 N–H and O–H groups in total. The predicted molar refractivity (Wildman–Crippen MR) is 57.3 cm³/mol. The van der Waals surface area contributed by atoms with Gasteiger partial charge in [-0.25, -0.2) is 6.07 Å². The van der Waals surface area contributed by atoms with E-state index in [2.05, 4.69) is 0 Å². The van der Waals surface area contributed by atoms with Crippen molar-refractivity contribution < 1.29 is 5.11 Å². The molecular weight excluding hydrogens is 172 g/mol. The minimum absolute atomic E-state index is 0.495. The van der Waals surface area contributed by atoms with Gasteiger partial charge >= 0.3 is 0 Å². The average molecular weight is 185 g/mol. The van der Waals surface area contributed by atoms with E-state index in [1.165, 1.54) is 5.56 Å². The van der Waals surface area contributed by atoms with E-state index in [9.17, 15) is 5.11 Å². The second-order valence-electron chi connectivity index (χ2n) is 3.53. The van der Waals surface area contributed by atoms with Crippen LogP contribution in [0.5, 0.6) is 0 Å². The second-order valence-corrected chi connectivity index (χ2v) is 3.53. The van der Waals surface area contributed by atoms with E-state index in [0.29, 0.717) is 0 Å². The summed E-state index contributed by atoms with van der Waals surface area (Å²) in [5.74, 6) is 0. The first-order valence-corrected chi connectivity index (χ1v) is 4.73. The van der Waals surface area contributed by atoms with Crippen molar-refractivity contribution in [1.82, 2.24) is 0 Å². The molecule has 2 rings (SSSR count). The van der Waals surface area contributed by atoms with Crippen molar-refractivity contribution in [3.63, 3.8) is 0 Å². The number of aryl methyl sites for hydroxylation is 1. The Balaban J connectivity index is 2.28. The maximum Gasteiger partial charge on any atom is 0.0504 e. The van der Waals surface area contributed by atoms with Gasteiger partial charge in [0.1, 0.15) is 0 Å². The van der Waals surface area contributed by atoms with Crippen molar-refractivity contribution in [3.05, 3.63) is 65.2 Å². The largest absolute Gasteiger partial charge is 0.397 e. The summed E-state index contributed by atoms with van der Waals surface area (Å²) in [6.07, 6.45) is -0.495. The Morgan fingerprint density at radius 3 is 2.36 bits per heavy atom. The second kappa shape index (κ2) is 3.72. The molecule has 1 heteroatoms. The average Bonchev–Trinajstić information content (AvgIpc) is 2.71. The molecule has 0 aliphatic heterocycles. The van der Waals surface area contributed by atoms with Crippen LogP contribution >= 0.6 is 0 Å². The molecule has 2 aromatic rings. The van der Waals surface area contributed by atoms with Crippen LogP contribution in [0.25, 0.3) is 0 Å². The van der Waals surface area contributed by atoms with Crippen LogP contribution in [0.4, 0.5) is 0 Å². The molecule has 14 heavy (non-hydrogen) atoms. The van der Waals surface area contributed by atoms with E-state index in [1.54, 1.807) is 0 Å². The molecule has 0 saturated heterocycles. The summed E-state index contributed by atoms with van der Waals surface area (Å²) in [5.41, 5.74) is 3.11. The molecule has 2 aromatic carbocycles. The summed E-state index contributed by atoms with van der Waals surface area (Å²) < 4.78 is 0. The molecule has 72 valence electrons. The highest BCUT2D eigenvalue weighted by molar-refractivity contribution is 5.31. The number of aliphatic hydroxyl groups is 1. The lowest BCUT2D eigenvalue weighted by Gasteiger charge is -2.14. The molecule has 0 aromatic heterocycles. The molecule has 0 fully saturated rings. The van der Waals surface area contributed by atoms with Gasteiger partial charge in [0, 0.05) is 0 Å². The Bertz CT molecular complexity index is 384. The highest BCUT2D eigenvalue weighted by Gasteiger charge is 2.03. The third kappa shape index (κ3) is 1.73. The first-order chi connectivity index (χ1) is 6.77. The van der Waals surface area contributed by atoms with Gasteiger partial charge in [-0.05, 0) is 12.5 Å². The van der Waals surface area contributed by atoms with Crippen LogP contribution in [0.3, 0.4) is 0 Å². The minimum Gasteiger partial charge on any atom is -0.397 e. The Hall–Kier alpha value is -1.47. The van der Waals surface area contributed by atoms with Gasteiger partial charge in [-0.1, -0.05) is 29.8 Å². The molecule has 0 aliphatic rings. The van der Waals surface area contributed by atoms with Crippen LogP contribution in [-0.2, 0) is 0 Å². The fraction of sp³-hybridized carbons (Fsp3) is 0.154. The van der Waals surface area contributed by atoms with Crippen LogP contribution < -0.4 is 0 Å². The van der Waals surface area contributed by atoms with Crippen LogP contribution in [0.2, 0.25) is 0 Å². The van der Waals surface area contributed by atoms with Gasteiger partial charge < -0.3 is 5.11 Å². The molecular formula is C13H13O-. The number of hydrogen-bond acceptors (Lipinski definition) is 1. The molecule has 1 nitrogen and oxygen atoms in total. The van der Waals surface area contributed by atoms with E-state index >= 15 is 0 Å².